The first-order valence-corrected chi connectivity index (χ1v) is 18.6. The van der Waals surface area contributed by atoms with Crippen LogP contribution in [0, 0.1) is 13.8 Å². The Labute approximate surface area is 314 Å². The number of allylic oxidation sites excluding steroid dienone is 3. The van der Waals surface area contributed by atoms with E-state index in [1.807, 2.05) is 0 Å². The van der Waals surface area contributed by atoms with Gasteiger partial charge in [0.1, 0.15) is 0 Å². The van der Waals surface area contributed by atoms with Gasteiger partial charge in [0, 0.05) is 34.1 Å². The summed E-state index contributed by atoms with van der Waals surface area (Å²) in [5.74, 6) is 0.129. The van der Waals surface area contributed by atoms with Crippen molar-refractivity contribution in [3.05, 3.63) is 222 Å². The number of rotatable bonds is 6. The lowest BCUT2D eigenvalue weighted by Gasteiger charge is -2.29. The molecule has 2 nitrogen and oxygen atoms in total. The summed E-state index contributed by atoms with van der Waals surface area (Å²) in [4.78, 5) is 4.77. The summed E-state index contributed by atoms with van der Waals surface area (Å²) >= 11 is 0. The van der Waals surface area contributed by atoms with E-state index in [4.69, 9.17) is 0 Å². The Morgan fingerprint density at radius 3 is 1.58 bits per heavy atom. The highest BCUT2D eigenvalue weighted by Crippen LogP contribution is 2.44. The number of fused-ring (bicyclic) bond motifs is 5. The molecule has 1 atom stereocenters. The third kappa shape index (κ3) is 7.09. The van der Waals surface area contributed by atoms with Crippen molar-refractivity contribution in [3.8, 4) is 22.3 Å². The van der Waals surface area contributed by atoms with Crippen LogP contribution in [0.4, 0.5) is 28.4 Å². The minimum absolute atomic E-state index is 0.129. The molecule has 0 amide bonds. The quantitative estimate of drug-likeness (QED) is 0.172. The molecule has 0 saturated heterocycles. The highest BCUT2D eigenvalue weighted by molar-refractivity contribution is 5.89. The zero-order valence-electron chi connectivity index (χ0n) is 30.7. The van der Waals surface area contributed by atoms with Crippen LogP contribution in [0.3, 0.4) is 0 Å². The van der Waals surface area contributed by atoms with Gasteiger partial charge in [-0.1, -0.05) is 134 Å². The molecular formula is C51H44N2. The van der Waals surface area contributed by atoms with Crippen molar-refractivity contribution < 1.29 is 0 Å². The van der Waals surface area contributed by atoms with Gasteiger partial charge in [-0.15, -0.1) is 0 Å². The largest absolute Gasteiger partial charge is 0.311 e. The predicted octanol–water partition coefficient (Wildman–Crippen LogP) is 14.0. The van der Waals surface area contributed by atoms with Gasteiger partial charge in [0.2, 0.25) is 0 Å². The summed E-state index contributed by atoms with van der Waals surface area (Å²) in [5.41, 5.74) is 16.8. The Bertz CT molecular complexity index is 2420. The maximum atomic E-state index is 2.40. The molecule has 1 unspecified atom stereocenters. The summed E-state index contributed by atoms with van der Waals surface area (Å²) in [6.07, 6.45) is 7.89. The second-order valence-electron chi connectivity index (χ2n) is 14.0. The Hall–Kier alpha value is -6.38. The molecule has 7 aromatic rings. The second-order valence-corrected chi connectivity index (χ2v) is 14.0. The van der Waals surface area contributed by atoms with Crippen LogP contribution < -0.4 is 9.80 Å². The first-order chi connectivity index (χ1) is 26.0. The van der Waals surface area contributed by atoms with Crippen molar-refractivity contribution in [2.45, 2.75) is 33.1 Å². The van der Waals surface area contributed by atoms with Crippen LogP contribution in [0.1, 0.15) is 35.1 Å². The Kier molecular flexibility index (Phi) is 9.60. The lowest BCUT2D eigenvalue weighted by atomic mass is 9.85. The van der Waals surface area contributed by atoms with Gasteiger partial charge < -0.3 is 9.80 Å². The molecule has 0 aromatic heterocycles. The van der Waals surface area contributed by atoms with Gasteiger partial charge >= 0.3 is 0 Å². The van der Waals surface area contributed by atoms with Crippen LogP contribution in [0.25, 0.3) is 22.3 Å². The summed E-state index contributed by atoms with van der Waals surface area (Å²) in [6.45, 7) is 6.65. The van der Waals surface area contributed by atoms with E-state index in [-0.39, 0.29) is 5.92 Å². The van der Waals surface area contributed by atoms with E-state index >= 15 is 0 Å². The highest BCUT2D eigenvalue weighted by atomic mass is 15.1. The normalized spacial score (nSPS) is 13.7. The fraction of sp³-hybridized carbons (Fsp3) is 0.0980. The van der Waals surface area contributed by atoms with Gasteiger partial charge in [-0.3, -0.25) is 0 Å². The van der Waals surface area contributed by atoms with E-state index in [1.54, 1.807) is 0 Å². The number of anilines is 5. The average Bonchev–Trinajstić information content (AvgIpc) is 3.19. The number of nitrogens with zero attached hydrogens (tertiary/aromatic N) is 2. The van der Waals surface area contributed by atoms with Crippen molar-refractivity contribution in [2.24, 2.45) is 0 Å². The summed E-state index contributed by atoms with van der Waals surface area (Å²) in [6, 6.07) is 63.9. The molecule has 2 heteroatoms. The molecule has 0 bridgehead atoms. The van der Waals surface area contributed by atoms with Crippen LogP contribution >= 0.6 is 0 Å². The molecule has 0 fully saturated rings. The van der Waals surface area contributed by atoms with Crippen molar-refractivity contribution in [2.75, 3.05) is 9.80 Å². The first kappa shape index (κ1) is 33.7. The third-order valence-electron chi connectivity index (χ3n) is 10.2. The molecule has 0 radical (unpaired) electrons. The number of para-hydroxylation sites is 2. The molecule has 53 heavy (non-hydrogen) atoms. The average molecular weight is 685 g/mol. The lowest BCUT2D eigenvalue weighted by molar-refractivity contribution is 0.965. The molecular weight excluding hydrogens is 641 g/mol. The van der Waals surface area contributed by atoms with E-state index in [0.717, 1.165) is 40.6 Å². The van der Waals surface area contributed by atoms with Gasteiger partial charge in [0.25, 0.3) is 0 Å². The zero-order valence-corrected chi connectivity index (χ0v) is 30.7. The van der Waals surface area contributed by atoms with E-state index in [9.17, 15) is 0 Å². The lowest BCUT2D eigenvalue weighted by Crippen LogP contribution is -2.16. The minimum atomic E-state index is 0.129. The number of hydrogen-bond acceptors (Lipinski definition) is 2. The van der Waals surface area contributed by atoms with Gasteiger partial charge in [-0.05, 0) is 137 Å². The first-order valence-electron chi connectivity index (χ1n) is 18.6. The fourth-order valence-corrected chi connectivity index (χ4v) is 7.61. The van der Waals surface area contributed by atoms with E-state index in [0.29, 0.717) is 0 Å². The zero-order chi connectivity index (χ0) is 36.1. The smallest absolute Gasteiger partial charge is 0.0468 e. The number of hydrogen-bond donors (Lipinski definition) is 0. The Morgan fingerprint density at radius 2 is 0.943 bits per heavy atom. The van der Waals surface area contributed by atoms with Crippen LogP contribution in [-0.4, -0.2) is 0 Å². The maximum absolute atomic E-state index is 2.40. The molecule has 0 N–H and O–H groups in total. The van der Waals surface area contributed by atoms with Crippen LogP contribution in [-0.2, 0) is 6.42 Å². The van der Waals surface area contributed by atoms with Gasteiger partial charge in [0.05, 0.1) is 0 Å². The molecule has 0 saturated carbocycles. The molecule has 0 spiro atoms. The Balaban J connectivity index is 1.35. The molecule has 1 aliphatic rings. The monoisotopic (exact) mass is 684 g/mol. The number of aryl methyl sites for hydroxylation is 2. The van der Waals surface area contributed by atoms with Crippen molar-refractivity contribution in [1.29, 1.82) is 0 Å². The van der Waals surface area contributed by atoms with E-state index in [1.165, 1.54) is 44.5 Å². The summed E-state index contributed by atoms with van der Waals surface area (Å²) in [7, 11) is 0. The second kappa shape index (κ2) is 15.1. The molecule has 0 aliphatic heterocycles. The van der Waals surface area contributed by atoms with Crippen LogP contribution in [0.2, 0.25) is 0 Å². The SMILES string of the molecule is Cc1cccc(N(C2=CCc3ccccc3-c3ccccc3-c3cc(N(c4ccccc4)c4cccc(C)c4)ccc3C(C)C=C2)c2ccccc2)c1. The molecule has 258 valence electrons. The third-order valence-corrected chi connectivity index (χ3v) is 10.2. The van der Waals surface area contributed by atoms with Gasteiger partial charge in [-0.25, -0.2) is 0 Å². The molecule has 8 rings (SSSR count). The standard InChI is InChI=1S/C51H44N2/c1-37-16-14-23-44(34-37)52(41-19-6-4-7-20-41)43-30-28-39(3)47-33-32-46(53(42-21-8-5-9-22-42)45-24-15-17-38(2)35-45)36-51(47)50-27-13-12-26-49(50)48-25-11-10-18-40(48)29-31-43/h4-28,30-36,39H,29H2,1-3H3. The van der Waals surface area contributed by atoms with E-state index < -0.39 is 0 Å². The summed E-state index contributed by atoms with van der Waals surface area (Å²) < 4.78 is 0. The number of benzene rings is 7. The fourth-order valence-electron chi connectivity index (χ4n) is 7.61. The highest BCUT2D eigenvalue weighted by Gasteiger charge is 2.21. The van der Waals surface area contributed by atoms with Crippen molar-refractivity contribution in [1.82, 2.24) is 0 Å². The van der Waals surface area contributed by atoms with Crippen LogP contribution in [0.5, 0.6) is 0 Å². The van der Waals surface area contributed by atoms with Crippen molar-refractivity contribution in [3.63, 3.8) is 0 Å². The van der Waals surface area contributed by atoms with Gasteiger partial charge in [-0.2, -0.15) is 0 Å². The molecule has 0 heterocycles. The maximum Gasteiger partial charge on any atom is 0.0468 e. The molecule has 1 aliphatic carbocycles. The van der Waals surface area contributed by atoms with Gasteiger partial charge in [0.15, 0.2) is 0 Å². The summed E-state index contributed by atoms with van der Waals surface area (Å²) in [5, 5.41) is 0. The minimum Gasteiger partial charge on any atom is -0.311 e. The Morgan fingerprint density at radius 1 is 0.434 bits per heavy atom. The van der Waals surface area contributed by atoms with Crippen LogP contribution in [0.15, 0.2) is 200 Å². The topological polar surface area (TPSA) is 6.48 Å². The van der Waals surface area contributed by atoms with Crippen molar-refractivity contribution >= 4 is 28.4 Å². The van der Waals surface area contributed by atoms with E-state index in [2.05, 4.69) is 225 Å². The predicted molar refractivity (Wildman–Crippen MR) is 226 cm³/mol. The molecule has 7 aromatic carbocycles.